The Kier molecular flexibility index (Phi) is 4.87. The summed E-state index contributed by atoms with van der Waals surface area (Å²) in [5.74, 6) is -1.91. The van der Waals surface area contributed by atoms with Crippen molar-refractivity contribution in [1.82, 2.24) is 10.2 Å². The van der Waals surface area contributed by atoms with E-state index in [0.717, 1.165) is 0 Å². The van der Waals surface area contributed by atoms with Crippen molar-refractivity contribution in [2.75, 3.05) is 5.75 Å². The van der Waals surface area contributed by atoms with Crippen LogP contribution in [0, 0.1) is 0 Å². The summed E-state index contributed by atoms with van der Waals surface area (Å²) in [6.45, 7) is 1.66. The number of amides is 2. The first-order chi connectivity index (χ1) is 12.2. The first kappa shape index (κ1) is 18.6. The molecular weight excluding hydrogens is 382 g/mol. The maximum absolute atomic E-state index is 12.4. The molecule has 1 aromatic rings. The Morgan fingerprint density at radius 3 is 2.77 bits per heavy atom. The van der Waals surface area contributed by atoms with E-state index in [9.17, 15) is 24.6 Å². The first-order valence-electron chi connectivity index (χ1n) is 7.64. The number of phenols is 1. The van der Waals surface area contributed by atoms with Gasteiger partial charge in [-0.1, -0.05) is 17.7 Å². The Bertz CT molecular complexity index is 843. The fraction of sp³-hybridized carbons (Fsp3) is 0.312. The smallest absolute Gasteiger partial charge is 0.352 e. The van der Waals surface area contributed by atoms with Crippen LogP contribution in [0.1, 0.15) is 18.5 Å². The highest BCUT2D eigenvalue weighted by atomic mass is 35.5. The van der Waals surface area contributed by atoms with E-state index in [0.29, 0.717) is 16.9 Å². The van der Waals surface area contributed by atoms with Gasteiger partial charge < -0.3 is 21.3 Å². The van der Waals surface area contributed by atoms with Crippen molar-refractivity contribution in [3.63, 3.8) is 0 Å². The van der Waals surface area contributed by atoms with Crippen LogP contribution in [-0.4, -0.2) is 50.1 Å². The van der Waals surface area contributed by atoms with E-state index in [4.69, 9.17) is 17.3 Å². The molecule has 2 aliphatic rings. The summed E-state index contributed by atoms with van der Waals surface area (Å²) in [5.41, 5.74) is 6.87. The summed E-state index contributed by atoms with van der Waals surface area (Å²) >= 11 is 7.20. The molecule has 1 fully saturated rings. The van der Waals surface area contributed by atoms with Crippen LogP contribution in [0.25, 0.3) is 0 Å². The number of fused-ring (bicyclic) bond motifs is 1. The normalized spacial score (nSPS) is 23.2. The number of hydrogen-bond donors (Lipinski definition) is 4. The van der Waals surface area contributed by atoms with Gasteiger partial charge in [-0.15, -0.1) is 11.8 Å². The molecule has 26 heavy (non-hydrogen) atoms. The van der Waals surface area contributed by atoms with Crippen LogP contribution in [0.4, 0.5) is 0 Å². The second-order valence-electron chi connectivity index (χ2n) is 6.02. The monoisotopic (exact) mass is 397 g/mol. The molecule has 0 spiro atoms. The number of rotatable bonds is 4. The van der Waals surface area contributed by atoms with Crippen LogP contribution < -0.4 is 11.1 Å². The zero-order valence-electron chi connectivity index (χ0n) is 13.6. The number of hydrogen-bond acceptors (Lipinski definition) is 6. The summed E-state index contributed by atoms with van der Waals surface area (Å²) in [6, 6.07) is 2.24. The van der Waals surface area contributed by atoms with Crippen molar-refractivity contribution in [1.29, 1.82) is 0 Å². The zero-order chi connectivity index (χ0) is 19.2. The molecule has 0 aromatic heterocycles. The topological polar surface area (TPSA) is 133 Å². The van der Waals surface area contributed by atoms with Gasteiger partial charge in [0.1, 0.15) is 28.9 Å². The highest BCUT2D eigenvalue weighted by Gasteiger charge is 2.53. The van der Waals surface area contributed by atoms with Gasteiger partial charge >= 0.3 is 5.97 Å². The molecule has 2 unspecified atom stereocenters. The van der Waals surface area contributed by atoms with Gasteiger partial charge in [-0.25, -0.2) is 4.79 Å². The van der Waals surface area contributed by atoms with Crippen LogP contribution in [-0.2, 0) is 14.4 Å². The summed E-state index contributed by atoms with van der Waals surface area (Å²) in [6.07, 6.45) is 0. The van der Waals surface area contributed by atoms with E-state index in [1.807, 2.05) is 0 Å². The number of thioether (sulfide) groups is 1. The molecule has 2 amide bonds. The van der Waals surface area contributed by atoms with Gasteiger partial charge in [-0.05, 0) is 30.2 Å². The van der Waals surface area contributed by atoms with E-state index in [1.54, 1.807) is 6.92 Å². The van der Waals surface area contributed by atoms with Crippen molar-refractivity contribution < 1.29 is 24.6 Å². The van der Waals surface area contributed by atoms with Crippen LogP contribution in [0.5, 0.6) is 5.75 Å². The van der Waals surface area contributed by atoms with E-state index in [2.05, 4.69) is 5.32 Å². The molecule has 1 aromatic carbocycles. The van der Waals surface area contributed by atoms with E-state index in [1.165, 1.54) is 34.9 Å². The Balaban J connectivity index is 1.72. The maximum atomic E-state index is 12.4. The summed E-state index contributed by atoms with van der Waals surface area (Å²) < 4.78 is 0. The number of β-lactam (4-membered cyclic amide) rings is 1. The number of halogens is 1. The third kappa shape index (κ3) is 3.02. The van der Waals surface area contributed by atoms with Gasteiger partial charge in [0.05, 0.1) is 5.02 Å². The van der Waals surface area contributed by atoms with Gasteiger partial charge in [-0.2, -0.15) is 0 Å². The molecule has 3 atom stereocenters. The Labute approximate surface area is 158 Å². The second-order valence-corrected chi connectivity index (χ2v) is 7.53. The standard InChI is InChI=1S/C16H16ClN3O5S/c1-6-5-26-15-11(14(23)20(15)12(6)16(24)25)19-13(22)10(18)7-2-3-9(21)8(17)4-7/h2-4,10-11,15,21H,5,18H2,1H3,(H,19,22)(H,24,25)/t10?,11?,15-/m1/s1. The van der Waals surface area contributed by atoms with E-state index >= 15 is 0 Å². The molecule has 1 saturated heterocycles. The summed E-state index contributed by atoms with van der Waals surface area (Å²) in [5, 5.41) is 20.9. The highest BCUT2D eigenvalue weighted by Crippen LogP contribution is 2.40. The minimum Gasteiger partial charge on any atom is -0.506 e. The van der Waals surface area contributed by atoms with Crippen LogP contribution in [0.3, 0.4) is 0 Å². The van der Waals surface area contributed by atoms with Crippen LogP contribution in [0.2, 0.25) is 5.02 Å². The maximum Gasteiger partial charge on any atom is 0.352 e. The van der Waals surface area contributed by atoms with Crippen LogP contribution in [0.15, 0.2) is 29.5 Å². The van der Waals surface area contributed by atoms with E-state index < -0.39 is 35.2 Å². The molecule has 8 nitrogen and oxygen atoms in total. The number of aromatic hydroxyl groups is 1. The largest absolute Gasteiger partial charge is 0.506 e. The molecule has 0 aliphatic carbocycles. The Morgan fingerprint density at radius 1 is 1.46 bits per heavy atom. The average molecular weight is 398 g/mol. The number of carboxylic acid groups (broad SMARTS) is 1. The SMILES string of the molecule is CC1=C(C(=O)O)N2C(=O)C(NC(=O)C(N)c3ccc(O)c(Cl)c3)[C@H]2SC1. The third-order valence-corrected chi connectivity index (χ3v) is 6.00. The molecule has 2 heterocycles. The molecule has 10 heteroatoms. The fourth-order valence-corrected chi connectivity index (χ4v) is 4.37. The quantitative estimate of drug-likeness (QED) is 0.552. The number of nitrogens with zero attached hydrogens (tertiary/aromatic N) is 1. The molecule has 2 aliphatic heterocycles. The number of carbonyl (C=O) groups excluding carboxylic acids is 2. The van der Waals surface area contributed by atoms with Crippen molar-refractivity contribution in [2.45, 2.75) is 24.4 Å². The molecule has 5 N–H and O–H groups in total. The van der Waals surface area contributed by atoms with Gasteiger partial charge in [-0.3, -0.25) is 14.5 Å². The number of carboxylic acids is 1. The van der Waals surface area contributed by atoms with Gasteiger partial charge in [0.15, 0.2) is 0 Å². The summed E-state index contributed by atoms with van der Waals surface area (Å²) in [7, 11) is 0. The average Bonchev–Trinajstić information content (AvgIpc) is 2.60. The number of nitrogens with two attached hydrogens (primary N) is 1. The zero-order valence-corrected chi connectivity index (χ0v) is 15.2. The number of phenolic OH excluding ortho intramolecular Hbond substituents is 1. The van der Waals surface area contributed by atoms with Gasteiger partial charge in [0.2, 0.25) is 5.91 Å². The number of benzene rings is 1. The predicted octanol–water partition coefficient (Wildman–Crippen LogP) is 0.804. The van der Waals surface area contributed by atoms with Crippen molar-refractivity contribution in [3.05, 3.63) is 40.1 Å². The lowest BCUT2D eigenvalue weighted by molar-refractivity contribution is -0.150. The third-order valence-electron chi connectivity index (χ3n) is 4.27. The molecular formula is C16H16ClN3O5S. The molecule has 3 rings (SSSR count). The lowest BCUT2D eigenvalue weighted by Crippen LogP contribution is -2.71. The molecule has 0 bridgehead atoms. The Morgan fingerprint density at radius 2 is 2.15 bits per heavy atom. The lowest BCUT2D eigenvalue weighted by Gasteiger charge is -2.49. The lowest BCUT2D eigenvalue weighted by atomic mass is 10.0. The van der Waals surface area contributed by atoms with Crippen LogP contribution >= 0.6 is 23.4 Å². The minimum absolute atomic E-state index is 0.0288. The van der Waals surface area contributed by atoms with E-state index in [-0.39, 0.29) is 16.5 Å². The summed E-state index contributed by atoms with van der Waals surface area (Å²) in [4.78, 5) is 37.3. The second kappa shape index (κ2) is 6.82. The Hall–Kier alpha value is -2.23. The highest BCUT2D eigenvalue weighted by molar-refractivity contribution is 8.00. The fourth-order valence-electron chi connectivity index (χ4n) is 2.89. The molecule has 0 radical (unpaired) electrons. The number of aliphatic carboxylic acids is 1. The minimum atomic E-state index is -1.17. The molecule has 138 valence electrons. The van der Waals surface area contributed by atoms with Crippen molar-refractivity contribution in [3.8, 4) is 5.75 Å². The predicted molar refractivity (Wildman–Crippen MR) is 95.4 cm³/mol. The number of carbonyl (C=O) groups is 3. The van der Waals surface area contributed by atoms with Crippen molar-refractivity contribution >= 4 is 41.1 Å². The van der Waals surface area contributed by atoms with Crippen molar-refractivity contribution in [2.24, 2.45) is 5.73 Å². The number of nitrogens with one attached hydrogen (secondary N) is 1. The molecule has 0 saturated carbocycles. The van der Waals surface area contributed by atoms with Gasteiger partial charge in [0, 0.05) is 5.75 Å². The van der Waals surface area contributed by atoms with Gasteiger partial charge in [0.25, 0.3) is 5.91 Å². The first-order valence-corrected chi connectivity index (χ1v) is 9.07.